The number of rotatable bonds is 6. The molecule has 5 nitrogen and oxygen atoms in total. The molecule has 0 saturated carbocycles. The summed E-state index contributed by atoms with van der Waals surface area (Å²) < 4.78 is 44.9. The van der Waals surface area contributed by atoms with Crippen LogP contribution >= 0.6 is 23.1 Å². The van der Waals surface area contributed by atoms with Crippen LogP contribution in [0.5, 0.6) is 0 Å². The monoisotopic (exact) mass is 467 g/mol. The SMILES string of the molecule is CC(C)(C)c1cnc(CSc2cnc(NC(=O)/C=C/c3cccc(C(F)(F)F)c3)s2)o1. The summed E-state index contributed by atoms with van der Waals surface area (Å²) in [4.78, 5) is 20.5. The largest absolute Gasteiger partial charge is 0.444 e. The smallest absolute Gasteiger partial charge is 0.416 e. The van der Waals surface area contributed by atoms with Crippen LogP contribution < -0.4 is 5.32 Å². The molecule has 1 N–H and O–H groups in total. The van der Waals surface area contributed by atoms with Crippen molar-refractivity contribution in [1.29, 1.82) is 0 Å². The third kappa shape index (κ3) is 6.70. The minimum Gasteiger partial charge on any atom is -0.444 e. The van der Waals surface area contributed by atoms with E-state index >= 15 is 0 Å². The second kappa shape index (κ2) is 9.27. The van der Waals surface area contributed by atoms with Crippen molar-refractivity contribution in [3.8, 4) is 0 Å². The van der Waals surface area contributed by atoms with E-state index in [2.05, 4.69) is 15.3 Å². The van der Waals surface area contributed by atoms with Crippen molar-refractivity contribution in [2.75, 3.05) is 5.32 Å². The number of benzene rings is 1. The molecular formula is C21H20F3N3O2S2. The maximum atomic E-state index is 12.8. The van der Waals surface area contributed by atoms with Gasteiger partial charge < -0.3 is 4.42 Å². The molecule has 31 heavy (non-hydrogen) atoms. The van der Waals surface area contributed by atoms with Gasteiger partial charge in [-0.1, -0.05) is 44.2 Å². The molecule has 0 atom stereocenters. The van der Waals surface area contributed by atoms with Gasteiger partial charge in [0.2, 0.25) is 11.8 Å². The Bertz CT molecular complexity index is 1080. The van der Waals surface area contributed by atoms with E-state index in [1.54, 1.807) is 12.4 Å². The molecular weight excluding hydrogens is 447 g/mol. The topological polar surface area (TPSA) is 68.0 Å². The van der Waals surface area contributed by atoms with Gasteiger partial charge in [-0.3, -0.25) is 10.1 Å². The van der Waals surface area contributed by atoms with E-state index < -0.39 is 17.6 Å². The van der Waals surface area contributed by atoms with Crippen LogP contribution in [0.3, 0.4) is 0 Å². The Morgan fingerprint density at radius 3 is 2.68 bits per heavy atom. The van der Waals surface area contributed by atoms with Crippen LogP contribution in [0, 0.1) is 0 Å². The molecule has 0 spiro atoms. The molecule has 0 aliphatic heterocycles. The summed E-state index contributed by atoms with van der Waals surface area (Å²) in [6.07, 6.45) is 1.42. The number of aromatic nitrogens is 2. The standard InChI is InChI=1S/C21H20F3N3O2S2/c1-20(2,3)15-10-25-17(29-15)12-30-18-11-26-19(31-18)27-16(28)8-7-13-5-4-6-14(9-13)21(22,23)24/h4-11H,12H2,1-3H3,(H,26,27,28)/b8-7+. The molecule has 10 heteroatoms. The van der Waals surface area contributed by atoms with Crippen LogP contribution in [0.1, 0.15) is 43.5 Å². The molecule has 0 saturated heterocycles. The number of alkyl halides is 3. The minimum atomic E-state index is -4.43. The van der Waals surface area contributed by atoms with Crippen molar-refractivity contribution in [1.82, 2.24) is 9.97 Å². The second-order valence-electron chi connectivity index (χ2n) is 7.59. The maximum absolute atomic E-state index is 12.8. The van der Waals surface area contributed by atoms with Crippen molar-refractivity contribution < 1.29 is 22.4 Å². The summed E-state index contributed by atoms with van der Waals surface area (Å²) in [5, 5.41) is 3.00. The fraction of sp³-hybridized carbons (Fsp3) is 0.286. The molecule has 2 aromatic heterocycles. The van der Waals surface area contributed by atoms with Crippen molar-refractivity contribution in [2.45, 2.75) is 42.3 Å². The van der Waals surface area contributed by atoms with E-state index in [0.29, 0.717) is 16.8 Å². The predicted molar refractivity (Wildman–Crippen MR) is 116 cm³/mol. The second-order valence-corrected chi connectivity index (χ2v) is 9.89. The van der Waals surface area contributed by atoms with Crippen molar-refractivity contribution in [3.05, 3.63) is 65.5 Å². The number of oxazole rings is 1. The van der Waals surface area contributed by atoms with Crippen LogP contribution in [0.15, 0.2) is 51.4 Å². The van der Waals surface area contributed by atoms with Gasteiger partial charge in [0.15, 0.2) is 5.13 Å². The van der Waals surface area contributed by atoms with Crippen LogP contribution in [0.2, 0.25) is 0 Å². The third-order valence-corrected chi connectivity index (χ3v) is 6.08. The molecule has 1 aromatic carbocycles. The maximum Gasteiger partial charge on any atom is 0.416 e. The molecule has 164 valence electrons. The molecule has 0 radical (unpaired) electrons. The number of hydrogen-bond acceptors (Lipinski definition) is 6. The van der Waals surface area contributed by atoms with E-state index in [1.165, 1.54) is 47.4 Å². The van der Waals surface area contributed by atoms with Gasteiger partial charge in [0, 0.05) is 11.5 Å². The first-order valence-corrected chi connectivity index (χ1v) is 11.0. The van der Waals surface area contributed by atoms with Crippen LogP contribution in [-0.2, 0) is 22.1 Å². The predicted octanol–water partition coefficient (Wildman–Crippen LogP) is 6.39. The number of thiazole rings is 1. The quantitative estimate of drug-likeness (QED) is 0.336. The lowest BCUT2D eigenvalue weighted by atomic mass is 9.94. The summed E-state index contributed by atoms with van der Waals surface area (Å²) in [6, 6.07) is 4.75. The van der Waals surface area contributed by atoms with Crippen molar-refractivity contribution in [3.63, 3.8) is 0 Å². The van der Waals surface area contributed by atoms with Crippen LogP contribution in [0.25, 0.3) is 6.08 Å². The van der Waals surface area contributed by atoms with Crippen LogP contribution in [0.4, 0.5) is 18.3 Å². The lowest BCUT2D eigenvalue weighted by Crippen LogP contribution is -2.09. The number of halogens is 3. The van der Waals surface area contributed by atoms with E-state index in [1.807, 2.05) is 20.8 Å². The highest BCUT2D eigenvalue weighted by Gasteiger charge is 2.30. The first-order valence-electron chi connectivity index (χ1n) is 9.21. The Morgan fingerprint density at radius 1 is 1.23 bits per heavy atom. The lowest BCUT2D eigenvalue weighted by Gasteiger charge is -2.12. The Morgan fingerprint density at radius 2 is 2.00 bits per heavy atom. The van der Waals surface area contributed by atoms with Gasteiger partial charge in [0.1, 0.15) is 5.76 Å². The molecule has 3 rings (SSSR count). The van der Waals surface area contributed by atoms with E-state index in [9.17, 15) is 18.0 Å². The van der Waals surface area contributed by atoms with Gasteiger partial charge in [0.05, 0.1) is 27.9 Å². The van der Waals surface area contributed by atoms with Gasteiger partial charge in [-0.05, 0) is 23.8 Å². The Labute approximate surface area is 185 Å². The average Bonchev–Trinajstić information content (AvgIpc) is 3.33. The molecule has 0 bridgehead atoms. The summed E-state index contributed by atoms with van der Waals surface area (Å²) in [6.45, 7) is 6.14. The molecule has 0 aliphatic rings. The molecule has 0 aliphatic carbocycles. The highest BCUT2D eigenvalue weighted by molar-refractivity contribution is 8.00. The number of nitrogens with one attached hydrogen (secondary N) is 1. The summed E-state index contributed by atoms with van der Waals surface area (Å²) >= 11 is 2.77. The minimum absolute atomic E-state index is 0.112. The Kier molecular flexibility index (Phi) is 6.90. The first-order chi connectivity index (χ1) is 14.5. The average molecular weight is 468 g/mol. The highest BCUT2D eigenvalue weighted by Crippen LogP contribution is 2.32. The van der Waals surface area contributed by atoms with E-state index in [-0.39, 0.29) is 11.0 Å². The Balaban J connectivity index is 1.54. The molecule has 2 heterocycles. The van der Waals surface area contributed by atoms with Gasteiger partial charge in [0.25, 0.3) is 0 Å². The summed E-state index contributed by atoms with van der Waals surface area (Å²) in [7, 11) is 0. The van der Waals surface area contributed by atoms with Crippen molar-refractivity contribution in [2.24, 2.45) is 0 Å². The zero-order chi connectivity index (χ0) is 22.6. The van der Waals surface area contributed by atoms with E-state index in [0.717, 1.165) is 22.1 Å². The zero-order valence-electron chi connectivity index (χ0n) is 17.0. The van der Waals surface area contributed by atoms with Crippen LogP contribution in [-0.4, -0.2) is 15.9 Å². The number of nitrogens with zero attached hydrogens (tertiary/aromatic N) is 2. The first kappa shape index (κ1) is 23.1. The fourth-order valence-electron chi connectivity index (χ4n) is 2.38. The third-order valence-electron chi connectivity index (χ3n) is 3.99. The number of thioether (sulfide) groups is 1. The van der Waals surface area contributed by atoms with Gasteiger partial charge >= 0.3 is 6.18 Å². The zero-order valence-corrected chi connectivity index (χ0v) is 18.6. The van der Waals surface area contributed by atoms with Gasteiger partial charge in [-0.2, -0.15) is 13.2 Å². The number of carbonyl (C=O) groups excluding carboxylic acids is 1. The lowest BCUT2D eigenvalue weighted by molar-refractivity contribution is -0.137. The fourth-order valence-corrected chi connectivity index (χ4v) is 4.11. The van der Waals surface area contributed by atoms with E-state index in [4.69, 9.17) is 4.42 Å². The number of amides is 1. The molecule has 0 unspecified atom stereocenters. The number of anilines is 1. The molecule has 3 aromatic rings. The Hall–Kier alpha value is -2.59. The van der Waals surface area contributed by atoms with Crippen molar-refractivity contribution >= 4 is 40.2 Å². The number of hydrogen-bond donors (Lipinski definition) is 1. The molecule has 0 fully saturated rings. The summed E-state index contributed by atoms with van der Waals surface area (Å²) in [5.41, 5.74) is -0.599. The number of carbonyl (C=O) groups is 1. The molecule has 1 amide bonds. The van der Waals surface area contributed by atoms with Gasteiger partial charge in [-0.15, -0.1) is 11.8 Å². The normalized spacial score (nSPS) is 12.5. The highest BCUT2D eigenvalue weighted by atomic mass is 32.2. The summed E-state index contributed by atoms with van der Waals surface area (Å²) in [5.74, 6) is 1.47. The van der Waals surface area contributed by atoms with Gasteiger partial charge in [-0.25, -0.2) is 9.97 Å².